The van der Waals surface area contributed by atoms with Gasteiger partial charge >= 0.3 is 0 Å². The van der Waals surface area contributed by atoms with Crippen molar-refractivity contribution in [2.24, 2.45) is 0 Å². The van der Waals surface area contributed by atoms with Crippen molar-refractivity contribution >= 4 is 17.3 Å². The van der Waals surface area contributed by atoms with Gasteiger partial charge in [0.25, 0.3) is 0 Å². The maximum absolute atomic E-state index is 4.61. The van der Waals surface area contributed by atoms with E-state index < -0.39 is 0 Å². The molecule has 0 unspecified atom stereocenters. The van der Waals surface area contributed by atoms with Crippen LogP contribution in [0.4, 0.5) is 17.3 Å². The van der Waals surface area contributed by atoms with Crippen LogP contribution in [0.2, 0.25) is 0 Å². The number of para-hydroxylation sites is 1. The smallest absolute Gasteiger partial charge is 0.136 e. The van der Waals surface area contributed by atoms with E-state index in [1.807, 2.05) is 36.4 Å². The van der Waals surface area contributed by atoms with Gasteiger partial charge in [0.05, 0.1) is 0 Å². The molecular formula is C15H18N4. The largest absolute Gasteiger partial charge is 0.370 e. The average molecular weight is 254 g/mol. The minimum absolute atomic E-state index is 0.551. The first-order valence-corrected chi connectivity index (χ1v) is 6.80. The first kappa shape index (κ1) is 12.0. The summed E-state index contributed by atoms with van der Waals surface area (Å²) in [4.78, 5) is 9.18. The molecule has 1 aromatic heterocycles. The Morgan fingerprint density at radius 1 is 1.11 bits per heavy atom. The number of aromatic nitrogens is 2. The Kier molecular flexibility index (Phi) is 3.31. The number of hydrogen-bond donors (Lipinski definition) is 2. The van der Waals surface area contributed by atoms with Crippen molar-refractivity contribution in [3.8, 4) is 0 Å². The minimum atomic E-state index is 0.551. The van der Waals surface area contributed by atoms with Crippen molar-refractivity contribution in [3.63, 3.8) is 0 Å². The van der Waals surface area contributed by atoms with Crippen LogP contribution in [0.3, 0.4) is 0 Å². The monoisotopic (exact) mass is 254 g/mol. The highest BCUT2D eigenvalue weighted by Gasteiger charge is 2.27. The first-order chi connectivity index (χ1) is 9.35. The molecule has 0 atom stereocenters. The molecule has 0 spiro atoms. The van der Waals surface area contributed by atoms with Gasteiger partial charge < -0.3 is 10.6 Å². The van der Waals surface area contributed by atoms with Crippen LogP contribution in [0.5, 0.6) is 0 Å². The van der Waals surface area contributed by atoms with Gasteiger partial charge in [-0.25, -0.2) is 9.97 Å². The summed E-state index contributed by atoms with van der Waals surface area (Å²) in [5.74, 6) is 3.27. The Balaban J connectivity index is 1.86. The van der Waals surface area contributed by atoms with Gasteiger partial charge in [0.15, 0.2) is 0 Å². The summed E-state index contributed by atoms with van der Waals surface area (Å²) in [5.41, 5.74) is 1.05. The topological polar surface area (TPSA) is 49.8 Å². The summed E-state index contributed by atoms with van der Waals surface area (Å²) < 4.78 is 0. The molecular weight excluding hydrogens is 236 g/mol. The molecule has 1 aliphatic carbocycles. The molecule has 0 bridgehead atoms. The number of nitrogens with one attached hydrogen (secondary N) is 2. The van der Waals surface area contributed by atoms with Crippen LogP contribution in [0.15, 0.2) is 36.4 Å². The molecule has 1 saturated carbocycles. The highest BCUT2D eigenvalue weighted by Crippen LogP contribution is 2.39. The lowest BCUT2D eigenvalue weighted by atomic mass is 10.3. The number of hydrogen-bond acceptors (Lipinski definition) is 4. The average Bonchev–Trinajstić information content (AvgIpc) is 3.24. The quantitative estimate of drug-likeness (QED) is 0.857. The standard InChI is InChI=1S/C15H18N4/c1-2-16-13-10-14(17-12-6-4-3-5-7-12)19-15(18-13)11-8-9-11/h3-7,10-11H,2,8-9H2,1H3,(H2,16,17,18,19). The second kappa shape index (κ2) is 5.26. The molecule has 98 valence electrons. The van der Waals surface area contributed by atoms with E-state index in [9.17, 15) is 0 Å². The van der Waals surface area contributed by atoms with Gasteiger partial charge in [0.1, 0.15) is 17.5 Å². The third-order valence-electron chi connectivity index (χ3n) is 3.09. The summed E-state index contributed by atoms with van der Waals surface area (Å²) in [6.45, 7) is 2.94. The summed E-state index contributed by atoms with van der Waals surface area (Å²) in [7, 11) is 0. The van der Waals surface area contributed by atoms with Crippen molar-refractivity contribution in [1.82, 2.24) is 9.97 Å². The second-order valence-corrected chi connectivity index (χ2v) is 4.79. The highest BCUT2D eigenvalue weighted by molar-refractivity contribution is 5.59. The van der Waals surface area contributed by atoms with E-state index in [2.05, 4.69) is 27.5 Å². The fraction of sp³-hybridized carbons (Fsp3) is 0.333. The summed E-state index contributed by atoms with van der Waals surface area (Å²) >= 11 is 0. The molecule has 2 N–H and O–H groups in total. The lowest BCUT2D eigenvalue weighted by molar-refractivity contribution is 0.927. The zero-order chi connectivity index (χ0) is 13.1. The Bertz CT molecular complexity index is 549. The molecule has 2 aromatic rings. The molecule has 0 radical (unpaired) electrons. The highest BCUT2D eigenvalue weighted by atomic mass is 15.1. The Labute approximate surface area is 113 Å². The Hall–Kier alpha value is -2.10. The van der Waals surface area contributed by atoms with Crippen molar-refractivity contribution in [3.05, 3.63) is 42.2 Å². The van der Waals surface area contributed by atoms with Gasteiger partial charge in [-0.05, 0) is 31.9 Å². The number of benzene rings is 1. The molecule has 4 heteroatoms. The van der Waals surface area contributed by atoms with Crippen LogP contribution in [-0.4, -0.2) is 16.5 Å². The predicted octanol–water partition coefficient (Wildman–Crippen LogP) is 3.53. The molecule has 1 heterocycles. The fourth-order valence-electron chi connectivity index (χ4n) is 2.00. The van der Waals surface area contributed by atoms with Gasteiger partial charge in [-0.1, -0.05) is 18.2 Å². The summed E-state index contributed by atoms with van der Waals surface area (Å²) in [5, 5.41) is 6.60. The predicted molar refractivity (Wildman–Crippen MR) is 77.9 cm³/mol. The van der Waals surface area contributed by atoms with Gasteiger partial charge in [-0.3, -0.25) is 0 Å². The summed E-state index contributed by atoms with van der Waals surface area (Å²) in [6.07, 6.45) is 2.42. The van der Waals surface area contributed by atoms with Crippen molar-refractivity contribution in [2.75, 3.05) is 17.2 Å². The van der Waals surface area contributed by atoms with Gasteiger partial charge in [0, 0.05) is 24.2 Å². The van der Waals surface area contributed by atoms with E-state index in [0.717, 1.165) is 29.7 Å². The fourth-order valence-corrected chi connectivity index (χ4v) is 2.00. The van der Waals surface area contributed by atoms with E-state index in [0.29, 0.717) is 5.92 Å². The second-order valence-electron chi connectivity index (χ2n) is 4.79. The maximum atomic E-state index is 4.61. The van der Waals surface area contributed by atoms with E-state index in [1.54, 1.807) is 0 Å². The van der Waals surface area contributed by atoms with Crippen molar-refractivity contribution < 1.29 is 0 Å². The van der Waals surface area contributed by atoms with Crippen LogP contribution in [0.1, 0.15) is 31.5 Å². The molecule has 4 nitrogen and oxygen atoms in total. The molecule has 1 aromatic carbocycles. The molecule has 0 amide bonds. The van der Waals surface area contributed by atoms with Gasteiger partial charge in [-0.15, -0.1) is 0 Å². The Morgan fingerprint density at radius 2 is 1.84 bits per heavy atom. The molecule has 19 heavy (non-hydrogen) atoms. The van der Waals surface area contributed by atoms with E-state index in [-0.39, 0.29) is 0 Å². The number of anilines is 3. The van der Waals surface area contributed by atoms with E-state index >= 15 is 0 Å². The normalized spacial score (nSPS) is 14.2. The zero-order valence-corrected chi connectivity index (χ0v) is 11.1. The van der Waals surface area contributed by atoms with E-state index in [4.69, 9.17) is 0 Å². The maximum Gasteiger partial charge on any atom is 0.136 e. The Morgan fingerprint density at radius 3 is 2.53 bits per heavy atom. The molecule has 3 rings (SSSR count). The lowest BCUT2D eigenvalue weighted by Crippen LogP contribution is -2.05. The lowest BCUT2D eigenvalue weighted by Gasteiger charge is -2.10. The van der Waals surface area contributed by atoms with Crippen LogP contribution in [0.25, 0.3) is 0 Å². The third-order valence-corrected chi connectivity index (χ3v) is 3.09. The molecule has 0 aliphatic heterocycles. The molecule has 0 saturated heterocycles. The first-order valence-electron chi connectivity index (χ1n) is 6.80. The SMILES string of the molecule is CCNc1cc(Nc2ccccc2)nc(C2CC2)n1. The van der Waals surface area contributed by atoms with Gasteiger partial charge in [0.2, 0.25) is 0 Å². The number of rotatable bonds is 5. The van der Waals surface area contributed by atoms with Crippen LogP contribution < -0.4 is 10.6 Å². The zero-order valence-electron chi connectivity index (χ0n) is 11.1. The van der Waals surface area contributed by atoms with Crippen LogP contribution >= 0.6 is 0 Å². The van der Waals surface area contributed by atoms with Crippen molar-refractivity contribution in [1.29, 1.82) is 0 Å². The van der Waals surface area contributed by atoms with Gasteiger partial charge in [-0.2, -0.15) is 0 Å². The van der Waals surface area contributed by atoms with Crippen LogP contribution in [-0.2, 0) is 0 Å². The van der Waals surface area contributed by atoms with Crippen LogP contribution in [0, 0.1) is 0 Å². The summed E-state index contributed by atoms with van der Waals surface area (Å²) in [6, 6.07) is 12.1. The molecule has 1 aliphatic rings. The van der Waals surface area contributed by atoms with Crippen molar-refractivity contribution in [2.45, 2.75) is 25.7 Å². The van der Waals surface area contributed by atoms with E-state index in [1.165, 1.54) is 12.8 Å². The molecule has 1 fully saturated rings. The number of nitrogens with zero attached hydrogens (tertiary/aromatic N) is 2. The third kappa shape index (κ3) is 3.02. The minimum Gasteiger partial charge on any atom is -0.370 e.